The van der Waals surface area contributed by atoms with Crippen molar-refractivity contribution in [2.45, 2.75) is 17.2 Å². The molecule has 3 N–H and O–H groups in total. The van der Waals surface area contributed by atoms with Gasteiger partial charge in [-0.3, -0.25) is 4.79 Å². The molecular weight excluding hydrogens is 417 g/mol. The first kappa shape index (κ1) is 22.6. The topological polar surface area (TPSA) is 95.5 Å². The van der Waals surface area contributed by atoms with E-state index in [1.54, 1.807) is 0 Å². The molecule has 1 atom stereocenters. The maximum absolute atomic E-state index is 12.8. The number of hydrogen-bond donors (Lipinski definition) is 3. The van der Waals surface area contributed by atoms with Gasteiger partial charge in [-0.15, -0.1) is 0 Å². The molecule has 1 rings (SSSR count). The number of carbonyl (C=O) groups excluding carboxylic acids is 2. The smallest absolute Gasteiger partial charge is 0.404 e. The first-order chi connectivity index (χ1) is 12.0. The van der Waals surface area contributed by atoms with E-state index in [2.05, 4.69) is 22.2 Å². The second-order valence-electron chi connectivity index (χ2n) is 5.46. The molecule has 0 heterocycles. The van der Waals surface area contributed by atoms with Crippen LogP contribution < -0.4 is 10.6 Å². The van der Waals surface area contributed by atoms with Gasteiger partial charge in [-0.25, -0.2) is 4.79 Å². The largest absolute Gasteiger partial charge is 0.465 e. The average molecular weight is 432 g/mol. The summed E-state index contributed by atoms with van der Waals surface area (Å²) in [7, 11) is 0. The Balaban J connectivity index is 3.12. The van der Waals surface area contributed by atoms with Crippen LogP contribution in [0, 0.1) is 0 Å². The summed E-state index contributed by atoms with van der Waals surface area (Å²) in [6, 6.07) is 4.43. The van der Waals surface area contributed by atoms with Gasteiger partial charge in [0.1, 0.15) is 6.29 Å². The minimum atomic E-state index is -4.02. The van der Waals surface area contributed by atoms with Gasteiger partial charge in [-0.2, -0.15) is 8.78 Å². The molecule has 0 aliphatic heterocycles. The Bertz CT molecular complexity index is 685. The summed E-state index contributed by atoms with van der Waals surface area (Å²) in [5, 5.41) is 9.90. The van der Waals surface area contributed by atoms with E-state index in [-0.39, 0.29) is 29.6 Å². The van der Waals surface area contributed by atoms with Crippen molar-refractivity contribution in [2.75, 3.05) is 19.6 Å². The molecule has 1 aromatic carbocycles. The van der Waals surface area contributed by atoms with Gasteiger partial charge in [0.05, 0.1) is 16.6 Å². The molecule has 1 unspecified atom stereocenters. The maximum Gasteiger partial charge on any atom is 0.404 e. The number of rotatable bonds is 10. The van der Waals surface area contributed by atoms with Gasteiger partial charge in [0.15, 0.2) is 0 Å². The van der Waals surface area contributed by atoms with E-state index >= 15 is 0 Å². The van der Waals surface area contributed by atoms with E-state index in [0.717, 1.165) is 0 Å². The van der Waals surface area contributed by atoms with E-state index in [4.69, 9.17) is 28.3 Å². The minimum Gasteiger partial charge on any atom is -0.465 e. The predicted molar refractivity (Wildman–Crippen MR) is 93.5 cm³/mol. The van der Waals surface area contributed by atoms with Crippen LogP contribution in [-0.2, 0) is 15.0 Å². The summed E-state index contributed by atoms with van der Waals surface area (Å²) in [5.74, 6) is -1.56. The molecule has 0 saturated heterocycles. The van der Waals surface area contributed by atoms with Crippen LogP contribution in [0.2, 0.25) is 10.0 Å². The SMILES string of the molecule is O=CCC(CNCC(=O)C(F)(F)Cl)(CNC(=O)O)c1ccc(Cl)c(Cl)c1. The third kappa shape index (κ3) is 6.35. The van der Waals surface area contributed by atoms with Gasteiger partial charge in [0.2, 0.25) is 5.78 Å². The van der Waals surface area contributed by atoms with Gasteiger partial charge in [-0.05, 0) is 29.3 Å². The summed E-state index contributed by atoms with van der Waals surface area (Å²) in [6.07, 6.45) is -0.973. The summed E-state index contributed by atoms with van der Waals surface area (Å²) in [5.41, 5.74) is -0.749. The second kappa shape index (κ2) is 9.45. The Morgan fingerprint density at radius 2 is 1.85 bits per heavy atom. The number of halogens is 5. The molecule has 0 bridgehead atoms. The van der Waals surface area contributed by atoms with Crippen molar-refractivity contribution in [3.63, 3.8) is 0 Å². The summed E-state index contributed by atoms with van der Waals surface area (Å²) < 4.78 is 25.5. The van der Waals surface area contributed by atoms with Crippen molar-refractivity contribution in [3.05, 3.63) is 33.8 Å². The molecule has 0 radical (unpaired) electrons. The number of amides is 1. The highest BCUT2D eigenvalue weighted by atomic mass is 35.5. The van der Waals surface area contributed by atoms with Crippen molar-refractivity contribution in [1.29, 1.82) is 0 Å². The molecule has 0 fully saturated rings. The lowest BCUT2D eigenvalue weighted by molar-refractivity contribution is -0.132. The number of hydrogen-bond acceptors (Lipinski definition) is 4. The molecule has 144 valence electrons. The third-order valence-corrected chi connectivity index (χ3v) is 4.60. The third-order valence-electron chi connectivity index (χ3n) is 3.65. The van der Waals surface area contributed by atoms with Gasteiger partial charge >= 0.3 is 11.5 Å². The van der Waals surface area contributed by atoms with E-state index in [9.17, 15) is 23.2 Å². The van der Waals surface area contributed by atoms with E-state index in [1.165, 1.54) is 18.2 Å². The highest BCUT2D eigenvalue weighted by Gasteiger charge is 2.37. The molecule has 0 spiro atoms. The van der Waals surface area contributed by atoms with Gasteiger partial charge in [-0.1, -0.05) is 29.3 Å². The van der Waals surface area contributed by atoms with Gasteiger partial charge < -0.3 is 20.5 Å². The summed E-state index contributed by atoms with van der Waals surface area (Å²) in [4.78, 5) is 33.3. The fourth-order valence-electron chi connectivity index (χ4n) is 2.27. The molecular formula is C15H15Cl3F2N2O4. The van der Waals surface area contributed by atoms with Crippen LogP contribution in [0.5, 0.6) is 0 Å². The number of carboxylic acid groups (broad SMARTS) is 1. The number of nitrogens with one attached hydrogen (secondary N) is 2. The van der Waals surface area contributed by atoms with Crippen LogP contribution in [-0.4, -0.2) is 48.3 Å². The van der Waals surface area contributed by atoms with Crippen molar-refractivity contribution >= 4 is 53.0 Å². The quantitative estimate of drug-likeness (QED) is 0.391. The average Bonchev–Trinajstić information content (AvgIpc) is 2.54. The second-order valence-corrected chi connectivity index (χ2v) is 6.75. The van der Waals surface area contributed by atoms with Crippen molar-refractivity contribution in [1.82, 2.24) is 10.6 Å². The van der Waals surface area contributed by atoms with Crippen LogP contribution >= 0.6 is 34.8 Å². The van der Waals surface area contributed by atoms with Crippen molar-refractivity contribution in [3.8, 4) is 0 Å². The predicted octanol–water partition coefficient (Wildman–Crippen LogP) is 3.08. The van der Waals surface area contributed by atoms with Crippen LogP contribution in [0.25, 0.3) is 0 Å². The van der Waals surface area contributed by atoms with Gasteiger partial charge in [0, 0.05) is 24.9 Å². The Labute approximate surface area is 162 Å². The first-order valence-corrected chi connectivity index (χ1v) is 8.32. The Morgan fingerprint density at radius 3 is 2.35 bits per heavy atom. The zero-order valence-electron chi connectivity index (χ0n) is 13.2. The Morgan fingerprint density at radius 1 is 1.19 bits per heavy atom. The minimum absolute atomic E-state index is 0.165. The molecule has 11 heteroatoms. The van der Waals surface area contributed by atoms with Gasteiger partial charge in [0.25, 0.3) is 0 Å². The summed E-state index contributed by atoms with van der Waals surface area (Å²) in [6.45, 7) is -1.19. The molecule has 0 aliphatic carbocycles. The molecule has 0 saturated carbocycles. The van der Waals surface area contributed by atoms with Crippen molar-refractivity contribution in [2.24, 2.45) is 0 Å². The number of Topliss-reactive ketones (excluding diaryl/α,β-unsaturated/α-hetero) is 1. The lowest BCUT2D eigenvalue weighted by Crippen LogP contribution is -2.49. The highest BCUT2D eigenvalue weighted by molar-refractivity contribution is 6.42. The number of carbonyl (C=O) groups is 3. The summed E-state index contributed by atoms with van der Waals surface area (Å²) >= 11 is 16.5. The van der Waals surface area contributed by atoms with Crippen LogP contribution in [0.3, 0.4) is 0 Å². The van der Waals surface area contributed by atoms with Crippen molar-refractivity contribution < 1.29 is 28.3 Å². The van der Waals surface area contributed by atoms with E-state index in [0.29, 0.717) is 11.8 Å². The molecule has 26 heavy (non-hydrogen) atoms. The number of ketones is 1. The lowest BCUT2D eigenvalue weighted by atomic mass is 9.77. The maximum atomic E-state index is 12.8. The van der Waals surface area contributed by atoms with Crippen LogP contribution in [0.15, 0.2) is 18.2 Å². The number of benzene rings is 1. The van der Waals surface area contributed by atoms with E-state index in [1.807, 2.05) is 0 Å². The zero-order valence-corrected chi connectivity index (χ0v) is 15.5. The van der Waals surface area contributed by atoms with Crippen LogP contribution in [0.4, 0.5) is 13.6 Å². The molecule has 1 amide bonds. The fraction of sp³-hybridized carbons (Fsp3) is 0.400. The Kier molecular flexibility index (Phi) is 8.20. The Hall–Kier alpha value is -1.48. The standard InChI is InChI=1S/C15H15Cl3F2N2O4/c16-10-2-1-9(5-11(10)17)14(3-4-23,8-22-13(25)26)7-21-6-12(24)15(18,19)20/h1-2,4-5,21-22H,3,6-8H2,(H,25,26). The number of alkyl halides is 3. The lowest BCUT2D eigenvalue weighted by Gasteiger charge is -2.33. The normalized spacial score (nSPS) is 13.7. The fourth-order valence-corrected chi connectivity index (χ4v) is 2.64. The molecule has 1 aromatic rings. The number of aldehydes is 1. The monoisotopic (exact) mass is 430 g/mol. The first-order valence-electron chi connectivity index (χ1n) is 7.18. The molecule has 6 nitrogen and oxygen atoms in total. The zero-order chi connectivity index (χ0) is 20.0. The van der Waals surface area contributed by atoms with E-state index < -0.39 is 29.2 Å². The molecule has 0 aromatic heterocycles. The highest BCUT2D eigenvalue weighted by Crippen LogP contribution is 2.32. The van der Waals surface area contributed by atoms with Crippen LogP contribution in [0.1, 0.15) is 12.0 Å². The molecule has 0 aliphatic rings.